The van der Waals surface area contributed by atoms with Crippen molar-refractivity contribution in [2.75, 3.05) is 6.54 Å². The predicted molar refractivity (Wildman–Crippen MR) is 85.9 cm³/mol. The van der Waals surface area contributed by atoms with Gasteiger partial charge in [-0.2, -0.15) is 0 Å². The highest BCUT2D eigenvalue weighted by molar-refractivity contribution is 9.10. The third kappa shape index (κ3) is 3.47. The van der Waals surface area contributed by atoms with Gasteiger partial charge in [0, 0.05) is 66.3 Å². The third-order valence-corrected chi connectivity index (χ3v) is 4.15. The van der Waals surface area contributed by atoms with Crippen LogP contribution >= 0.6 is 15.9 Å². The summed E-state index contributed by atoms with van der Waals surface area (Å²) in [5.41, 5.74) is 3.71. The molecule has 0 unspecified atom stereocenters. The number of hydrogen-bond acceptors (Lipinski definition) is 4. The van der Waals surface area contributed by atoms with Crippen LogP contribution in [0.4, 0.5) is 0 Å². The SMILES string of the molecule is CC(C)c1ncc2c(n1)CCN(Cc1cncc(Br)c1)C2. The van der Waals surface area contributed by atoms with E-state index in [2.05, 4.69) is 50.7 Å². The molecular weight excluding hydrogens is 328 g/mol. The van der Waals surface area contributed by atoms with Crippen LogP contribution in [-0.4, -0.2) is 26.4 Å². The normalized spacial score (nSPS) is 15.2. The lowest BCUT2D eigenvalue weighted by Gasteiger charge is -2.28. The van der Waals surface area contributed by atoms with E-state index in [1.807, 2.05) is 18.6 Å². The van der Waals surface area contributed by atoms with E-state index in [4.69, 9.17) is 4.98 Å². The lowest BCUT2D eigenvalue weighted by Crippen LogP contribution is -2.31. The Morgan fingerprint density at radius 2 is 2.14 bits per heavy atom. The van der Waals surface area contributed by atoms with Crippen molar-refractivity contribution in [1.29, 1.82) is 0 Å². The number of halogens is 1. The summed E-state index contributed by atoms with van der Waals surface area (Å²) in [6.07, 6.45) is 6.75. The Kier molecular flexibility index (Phi) is 4.31. The maximum absolute atomic E-state index is 4.71. The summed E-state index contributed by atoms with van der Waals surface area (Å²) in [5, 5.41) is 0. The molecule has 0 aromatic carbocycles. The highest BCUT2D eigenvalue weighted by Gasteiger charge is 2.19. The summed E-state index contributed by atoms with van der Waals surface area (Å²) in [4.78, 5) is 15.8. The summed E-state index contributed by atoms with van der Waals surface area (Å²) in [7, 11) is 0. The molecule has 0 N–H and O–H groups in total. The van der Waals surface area contributed by atoms with E-state index < -0.39 is 0 Å². The van der Waals surface area contributed by atoms with E-state index in [0.29, 0.717) is 5.92 Å². The van der Waals surface area contributed by atoms with Gasteiger partial charge in [-0.3, -0.25) is 9.88 Å². The quantitative estimate of drug-likeness (QED) is 0.854. The highest BCUT2D eigenvalue weighted by atomic mass is 79.9. The Hall–Kier alpha value is -1.33. The Bertz CT molecular complexity index is 642. The van der Waals surface area contributed by atoms with E-state index in [9.17, 15) is 0 Å². The first-order chi connectivity index (χ1) is 10.1. The molecule has 1 aliphatic heterocycles. The molecule has 0 saturated heterocycles. The second kappa shape index (κ2) is 6.20. The molecule has 0 spiro atoms. The van der Waals surface area contributed by atoms with Crippen molar-refractivity contribution in [2.45, 2.75) is 39.3 Å². The van der Waals surface area contributed by atoms with Gasteiger partial charge in [0.15, 0.2) is 0 Å². The maximum Gasteiger partial charge on any atom is 0.131 e. The highest BCUT2D eigenvalue weighted by Crippen LogP contribution is 2.21. The first-order valence-corrected chi connectivity index (χ1v) is 8.07. The zero-order valence-corrected chi connectivity index (χ0v) is 14.0. The summed E-state index contributed by atoms with van der Waals surface area (Å²) in [5.74, 6) is 1.35. The van der Waals surface area contributed by atoms with Gasteiger partial charge in [-0.05, 0) is 27.6 Å². The van der Waals surface area contributed by atoms with Gasteiger partial charge in [-0.15, -0.1) is 0 Å². The lowest BCUT2D eigenvalue weighted by atomic mass is 10.1. The van der Waals surface area contributed by atoms with Crippen LogP contribution in [0, 0.1) is 0 Å². The largest absolute Gasteiger partial charge is 0.294 e. The second-order valence-corrected chi connectivity index (χ2v) is 6.74. The number of fused-ring (bicyclic) bond motifs is 1. The van der Waals surface area contributed by atoms with Crippen molar-refractivity contribution >= 4 is 15.9 Å². The topological polar surface area (TPSA) is 41.9 Å². The van der Waals surface area contributed by atoms with Crippen molar-refractivity contribution in [3.63, 3.8) is 0 Å². The Balaban J connectivity index is 1.73. The first kappa shape index (κ1) is 14.6. The fraction of sp³-hybridized carbons (Fsp3) is 0.438. The zero-order chi connectivity index (χ0) is 14.8. The average molecular weight is 347 g/mol. The zero-order valence-electron chi connectivity index (χ0n) is 12.4. The number of nitrogens with zero attached hydrogens (tertiary/aromatic N) is 4. The molecule has 21 heavy (non-hydrogen) atoms. The summed E-state index contributed by atoms with van der Waals surface area (Å²) in [6, 6.07) is 2.13. The maximum atomic E-state index is 4.71. The van der Waals surface area contributed by atoms with Crippen LogP contribution in [0.1, 0.15) is 42.4 Å². The second-order valence-electron chi connectivity index (χ2n) is 5.83. The van der Waals surface area contributed by atoms with Gasteiger partial charge in [-0.25, -0.2) is 9.97 Å². The number of rotatable bonds is 3. The molecule has 5 heteroatoms. The molecule has 3 rings (SSSR count). The van der Waals surface area contributed by atoms with E-state index in [0.717, 1.165) is 36.4 Å². The van der Waals surface area contributed by atoms with Crippen molar-refractivity contribution in [3.05, 3.63) is 51.8 Å². The van der Waals surface area contributed by atoms with E-state index in [1.54, 1.807) is 0 Å². The predicted octanol–water partition coefficient (Wildman–Crippen LogP) is 3.32. The van der Waals surface area contributed by atoms with Gasteiger partial charge in [0.1, 0.15) is 5.82 Å². The van der Waals surface area contributed by atoms with Crippen molar-refractivity contribution < 1.29 is 0 Å². The molecule has 2 aromatic rings. The van der Waals surface area contributed by atoms with Gasteiger partial charge in [0.2, 0.25) is 0 Å². The smallest absolute Gasteiger partial charge is 0.131 e. The van der Waals surface area contributed by atoms with Crippen molar-refractivity contribution in [2.24, 2.45) is 0 Å². The number of hydrogen-bond donors (Lipinski definition) is 0. The monoisotopic (exact) mass is 346 g/mol. The standard InChI is InChI=1S/C16H19BrN4/c1-11(2)16-19-7-13-10-21(4-3-15(13)20-16)9-12-5-14(17)8-18-6-12/h5-8,11H,3-4,9-10H2,1-2H3. The molecule has 2 aromatic heterocycles. The molecule has 1 aliphatic rings. The third-order valence-electron chi connectivity index (χ3n) is 3.72. The summed E-state index contributed by atoms with van der Waals surface area (Å²) in [6.45, 7) is 7.14. The first-order valence-electron chi connectivity index (χ1n) is 7.28. The molecule has 4 nitrogen and oxygen atoms in total. The van der Waals surface area contributed by atoms with Gasteiger partial charge < -0.3 is 0 Å². The van der Waals surface area contributed by atoms with Crippen LogP contribution < -0.4 is 0 Å². The van der Waals surface area contributed by atoms with Gasteiger partial charge in [0.25, 0.3) is 0 Å². The fourth-order valence-corrected chi connectivity index (χ4v) is 3.02. The minimum absolute atomic E-state index is 0.390. The summed E-state index contributed by atoms with van der Waals surface area (Å²) < 4.78 is 1.03. The van der Waals surface area contributed by atoms with Crippen LogP contribution in [0.15, 0.2) is 29.1 Å². The van der Waals surface area contributed by atoms with Crippen LogP contribution in [0.5, 0.6) is 0 Å². The van der Waals surface area contributed by atoms with Crippen molar-refractivity contribution in [3.8, 4) is 0 Å². The Labute approximate surface area is 133 Å². The lowest BCUT2D eigenvalue weighted by molar-refractivity contribution is 0.242. The van der Waals surface area contributed by atoms with Crippen LogP contribution in [0.3, 0.4) is 0 Å². The van der Waals surface area contributed by atoms with Gasteiger partial charge in [-0.1, -0.05) is 13.8 Å². The van der Waals surface area contributed by atoms with E-state index in [-0.39, 0.29) is 0 Å². The average Bonchev–Trinajstić information content (AvgIpc) is 2.46. The Morgan fingerprint density at radius 1 is 1.29 bits per heavy atom. The molecule has 0 aliphatic carbocycles. The molecule has 0 radical (unpaired) electrons. The molecule has 0 atom stereocenters. The Morgan fingerprint density at radius 3 is 2.90 bits per heavy atom. The van der Waals surface area contributed by atoms with Crippen molar-refractivity contribution in [1.82, 2.24) is 19.9 Å². The molecular formula is C16H19BrN4. The van der Waals surface area contributed by atoms with Gasteiger partial charge in [0.05, 0.1) is 0 Å². The number of aromatic nitrogens is 3. The molecule has 3 heterocycles. The van der Waals surface area contributed by atoms with Crippen LogP contribution in [0.2, 0.25) is 0 Å². The molecule has 0 fully saturated rings. The minimum Gasteiger partial charge on any atom is -0.294 e. The van der Waals surface area contributed by atoms with Crippen LogP contribution in [-0.2, 0) is 19.5 Å². The molecule has 0 saturated carbocycles. The van der Waals surface area contributed by atoms with E-state index in [1.165, 1.54) is 16.8 Å². The number of pyridine rings is 1. The summed E-state index contributed by atoms with van der Waals surface area (Å²) >= 11 is 3.47. The molecule has 0 amide bonds. The molecule has 110 valence electrons. The molecule has 0 bridgehead atoms. The van der Waals surface area contributed by atoms with Gasteiger partial charge >= 0.3 is 0 Å². The minimum atomic E-state index is 0.390. The fourth-order valence-electron chi connectivity index (χ4n) is 2.60. The van der Waals surface area contributed by atoms with Crippen LogP contribution in [0.25, 0.3) is 0 Å². The van der Waals surface area contributed by atoms with E-state index >= 15 is 0 Å².